The number of aryl methyl sites for hydroxylation is 1. The number of amides is 1. The van der Waals surface area contributed by atoms with Crippen LogP contribution in [0.3, 0.4) is 0 Å². The SMILES string of the molecule is Cc1ccccc1N(CC(=O)NC1CCN(C)CC1)S(C)(=O)=O. The fourth-order valence-corrected chi connectivity index (χ4v) is 3.69. The molecule has 0 spiro atoms. The van der Waals surface area contributed by atoms with Crippen LogP contribution in [0.5, 0.6) is 0 Å². The van der Waals surface area contributed by atoms with Gasteiger partial charge in [-0.3, -0.25) is 9.10 Å². The van der Waals surface area contributed by atoms with Crippen LogP contribution in [0.4, 0.5) is 5.69 Å². The van der Waals surface area contributed by atoms with E-state index in [9.17, 15) is 13.2 Å². The normalized spacial score (nSPS) is 17.0. The van der Waals surface area contributed by atoms with E-state index < -0.39 is 10.0 Å². The highest BCUT2D eigenvalue weighted by atomic mass is 32.2. The summed E-state index contributed by atoms with van der Waals surface area (Å²) in [6.07, 6.45) is 2.92. The van der Waals surface area contributed by atoms with E-state index in [1.54, 1.807) is 12.1 Å². The molecule has 0 saturated carbocycles. The number of likely N-dealkylation sites (tertiary alicyclic amines) is 1. The number of nitrogens with zero attached hydrogens (tertiary/aromatic N) is 2. The van der Waals surface area contributed by atoms with Gasteiger partial charge in [-0.1, -0.05) is 18.2 Å². The van der Waals surface area contributed by atoms with E-state index in [4.69, 9.17) is 0 Å². The number of hydrogen-bond acceptors (Lipinski definition) is 4. The lowest BCUT2D eigenvalue weighted by Gasteiger charge is -2.30. The minimum Gasteiger partial charge on any atom is -0.352 e. The van der Waals surface area contributed by atoms with Crippen LogP contribution >= 0.6 is 0 Å². The molecule has 0 atom stereocenters. The van der Waals surface area contributed by atoms with Gasteiger partial charge < -0.3 is 10.2 Å². The molecule has 0 bridgehead atoms. The first-order valence-corrected chi connectivity index (χ1v) is 9.63. The van der Waals surface area contributed by atoms with Gasteiger partial charge in [0.1, 0.15) is 6.54 Å². The van der Waals surface area contributed by atoms with Crippen LogP contribution in [0.2, 0.25) is 0 Å². The smallest absolute Gasteiger partial charge is 0.240 e. The van der Waals surface area contributed by atoms with Crippen molar-refractivity contribution in [2.45, 2.75) is 25.8 Å². The second kappa shape index (κ2) is 7.31. The Morgan fingerprint density at radius 1 is 1.30 bits per heavy atom. The van der Waals surface area contributed by atoms with Crippen LogP contribution in [-0.4, -0.2) is 58.2 Å². The average molecular weight is 339 g/mol. The van der Waals surface area contributed by atoms with Gasteiger partial charge in [0.15, 0.2) is 0 Å². The lowest BCUT2D eigenvalue weighted by molar-refractivity contribution is -0.120. The number of rotatable bonds is 5. The van der Waals surface area contributed by atoms with Crippen molar-refractivity contribution in [2.75, 3.05) is 37.2 Å². The van der Waals surface area contributed by atoms with Crippen LogP contribution in [0.15, 0.2) is 24.3 Å². The maximum atomic E-state index is 12.3. The van der Waals surface area contributed by atoms with E-state index in [-0.39, 0.29) is 18.5 Å². The topological polar surface area (TPSA) is 69.7 Å². The van der Waals surface area contributed by atoms with Gasteiger partial charge in [-0.2, -0.15) is 0 Å². The number of carbonyl (C=O) groups excluding carboxylic acids is 1. The second-order valence-electron chi connectivity index (χ2n) is 6.20. The van der Waals surface area contributed by atoms with Gasteiger partial charge in [-0.25, -0.2) is 8.42 Å². The molecule has 1 aliphatic heterocycles. The summed E-state index contributed by atoms with van der Waals surface area (Å²) in [5.74, 6) is -0.256. The van der Waals surface area contributed by atoms with Crippen LogP contribution in [-0.2, 0) is 14.8 Å². The number of carbonyl (C=O) groups is 1. The highest BCUT2D eigenvalue weighted by Crippen LogP contribution is 2.21. The summed E-state index contributed by atoms with van der Waals surface area (Å²) < 4.78 is 25.4. The lowest BCUT2D eigenvalue weighted by Crippen LogP contribution is -2.47. The minimum atomic E-state index is -3.52. The largest absolute Gasteiger partial charge is 0.352 e. The molecule has 23 heavy (non-hydrogen) atoms. The maximum absolute atomic E-state index is 12.3. The Kier molecular flexibility index (Phi) is 5.64. The van der Waals surface area contributed by atoms with Crippen molar-refractivity contribution in [3.8, 4) is 0 Å². The Morgan fingerprint density at radius 3 is 2.48 bits per heavy atom. The van der Waals surface area contributed by atoms with Crippen molar-refractivity contribution < 1.29 is 13.2 Å². The molecule has 0 aliphatic carbocycles. The molecule has 7 heteroatoms. The molecule has 1 saturated heterocycles. The Labute approximate surface area is 138 Å². The molecule has 1 N–H and O–H groups in total. The Bertz CT molecular complexity index is 652. The summed E-state index contributed by atoms with van der Waals surface area (Å²) in [6.45, 7) is 3.54. The Morgan fingerprint density at radius 2 is 1.91 bits per heavy atom. The van der Waals surface area contributed by atoms with Gasteiger partial charge >= 0.3 is 0 Å². The molecule has 128 valence electrons. The van der Waals surface area contributed by atoms with E-state index in [1.165, 1.54) is 4.31 Å². The number of hydrogen-bond donors (Lipinski definition) is 1. The van der Waals surface area contributed by atoms with Gasteiger partial charge in [0.05, 0.1) is 11.9 Å². The Hall–Kier alpha value is -1.60. The van der Waals surface area contributed by atoms with E-state index in [0.717, 1.165) is 37.8 Å². The standard InChI is InChI=1S/C16H25N3O3S/c1-13-6-4-5-7-15(13)19(23(3,21)22)12-16(20)17-14-8-10-18(2)11-9-14/h4-7,14H,8-12H2,1-3H3,(H,17,20). The number of benzene rings is 1. The summed E-state index contributed by atoms with van der Waals surface area (Å²) in [7, 11) is -1.46. The number of anilines is 1. The molecule has 1 aromatic rings. The van der Waals surface area contributed by atoms with Gasteiger partial charge in [0.2, 0.25) is 15.9 Å². The molecule has 0 radical (unpaired) electrons. The molecule has 1 aromatic carbocycles. The second-order valence-corrected chi connectivity index (χ2v) is 8.11. The first kappa shape index (κ1) is 17.7. The third-order valence-corrected chi connectivity index (χ3v) is 5.28. The number of piperidine rings is 1. The average Bonchev–Trinajstić information content (AvgIpc) is 2.47. The third kappa shape index (κ3) is 4.94. The van der Waals surface area contributed by atoms with Crippen LogP contribution in [0.25, 0.3) is 0 Å². The molecule has 1 aliphatic rings. The minimum absolute atomic E-state index is 0.122. The van der Waals surface area contributed by atoms with Gasteiger partial charge in [-0.05, 0) is 51.5 Å². The summed E-state index contributed by atoms with van der Waals surface area (Å²) in [6, 6.07) is 7.30. The van der Waals surface area contributed by atoms with Crippen molar-refractivity contribution in [3.63, 3.8) is 0 Å². The summed E-state index contributed by atoms with van der Waals surface area (Å²) >= 11 is 0. The predicted molar refractivity (Wildman–Crippen MR) is 92.0 cm³/mol. The molecule has 1 fully saturated rings. The summed E-state index contributed by atoms with van der Waals surface area (Å²) in [5.41, 5.74) is 1.37. The zero-order chi connectivity index (χ0) is 17.0. The first-order chi connectivity index (χ1) is 10.8. The fourth-order valence-electron chi connectivity index (χ4n) is 2.78. The zero-order valence-electron chi connectivity index (χ0n) is 13.9. The quantitative estimate of drug-likeness (QED) is 0.868. The van der Waals surface area contributed by atoms with E-state index in [2.05, 4.69) is 17.3 Å². The monoisotopic (exact) mass is 339 g/mol. The Balaban J connectivity index is 2.07. The molecule has 2 rings (SSSR count). The maximum Gasteiger partial charge on any atom is 0.240 e. The highest BCUT2D eigenvalue weighted by molar-refractivity contribution is 7.92. The molecule has 6 nitrogen and oxygen atoms in total. The van der Waals surface area contributed by atoms with Gasteiger partial charge in [0.25, 0.3) is 0 Å². The molecule has 1 heterocycles. The van der Waals surface area contributed by atoms with Crippen molar-refractivity contribution in [2.24, 2.45) is 0 Å². The van der Waals surface area contributed by atoms with Gasteiger partial charge in [-0.15, -0.1) is 0 Å². The summed E-state index contributed by atoms with van der Waals surface area (Å²) in [4.78, 5) is 14.5. The van der Waals surface area contributed by atoms with Crippen LogP contribution in [0.1, 0.15) is 18.4 Å². The summed E-state index contributed by atoms with van der Waals surface area (Å²) in [5, 5.41) is 2.96. The molecular formula is C16H25N3O3S. The molecule has 0 unspecified atom stereocenters. The molecular weight excluding hydrogens is 314 g/mol. The third-order valence-electron chi connectivity index (χ3n) is 4.16. The molecule has 1 amide bonds. The van der Waals surface area contributed by atoms with Crippen molar-refractivity contribution in [3.05, 3.63) is 29.8 Å². The van der Waals surface area contributed by atoms with E-state index >= 15 is 0 Å². The van der Waals surface area contributed by atoms with E-state index in [0.29, 0.717) is 5.69 Å². The predicted octanol–water partition coefficient (Wildman–Crippen LogP) is 0.971. The van der Waals surface area contributed by atoms with Crippen molar-refractivity contribution in [1.29, 1.82) is 0 Å². The van der Waals surface area contributed by atoms with Crippen molar-refractivity contribution in [1.82, 2.24) is 10.2 Å². The molecule has 0 aromatic heterocycles. The highest BCUT2D eigenvalue weighted by Gasteiger charge is 2.24. The number of sulfonamides is 1. The number of para-hydroxylation sites is 1. The number of nitrogens with one attached hydrogen (secondary N) is 1. The van der Waals surface area contributed by atoms with Crippen LogP contribution in [0, 0.1) is 6.92 Å². The van der Waals surface area contributed by atoms with Crippen molar-refractivity contribution >= 4 is 21.6 Å². The zero-order valence-corrected chi connectivity index (χ0v) is 14.8. The van der Waals surface area contributed by atoms with Crippen LogP contribution < -0.4 is 9.62 Å². The van der Waals surface area contributed by atoms with E-state index in [1.807, 2.05) is 19.1 Å². The lowest BCUT2D eigenvalue weighted by atomic mass is 10.1. The first-order valence-electron chi connectivity index (χ1n) is 7.78. The van der Waals surface area contributed by atoms with Gasteiger partial charge in [0, 0.05) is 6.04 Å². The fraction of sp³-hybridized carbons (Fsp3) is 0.562.